The van der Waals surface area contributed by atoms with Crippen LogP contribution in [-0.4, -0.2) is 5.11 Å². The molecule has 2 heteroatoms. The average molecular weight is 165 g/mol. The van der Waals surface area contributed by atoms with Gasteiger partial charge in [0.1, 0.15) is 5.72 Å². The van der Waals surface area contributed by atoms with Crippen LogP contribution in [0.1, 0.15) is 24.5 Å². The van der Waals surface area contributed by atoms with Crippen LogP contribution in [0, 0.1) is 6.92 Å². The van der Waals surface area contributed by atoms with Crippen LogP contribution >= 0.6 is 0 Å². The Balaban J connectivity index is 3.10. The van der Waals surface area contributed by atoms with E-state index in [4.69, 9.17) is 5.73 Å². The molecular weight excluding hydrogens is 150 g/mol. The maximum absolute atomic E-state index is 9.75. The molecular formula is C10H15NO. The molecule has 0 saturated heterocycles. The molecule has 3 N–H and O–H groups in total. The Kier molecular flexibility index (Phi) is 2.50. The number of nitrogens with two attached hydrogens (primary N) is 1. The van der Waals surface area contributed by atoms with Crippen LogP contribution in [0.15, 0.2) is 24.3 Å². The van der Waals surface area contributed by atoms with E-state index in [-0.39, 0.29) is 0 Å². The van der Waals surface area contributed by atoms with E-state index in [0.29, 0.717) is 6.42 Å². The van der Waals surface area contributed by atoms with Crippen LogP contribution in [0.2, 0.25) is 0 Å². The van der Waals surface area contributed by atoms with Crippen LogP contribution in [-0.2, 0) is 5.72 Å². The van der Waals surface area contributed by atoms with Gasteiger partial charge in [0.15, 0.2) is 0 Å². The van der Waals surface area contributed by atoms with E-state index in [1.807, 2.05) is 38.1 Å². The van der Waals surface area contributed by atoms with Gasteiger partial charge in [-0.1, -0.05) is 31.2 Å². The summed E-state index contributed by atoms with van der Waals surface area (Å²) in [6, 6.07) is 7.63. The summed E-state index contributed by atoms with van der Waals surface area (Å²) in [5.74, 6) is 0. The second-order valence-electron chi connectivity index (χ2n) is 3.09. The van der Waals surface area contributed by atoms with E-state index in [2.05, 4.69) is 0 Å². The third-order valence-electron chi connectivity index (χ3n) is 2.15. The van der Waals surface area contributed by atoms with Gasteiger partial charge in [-0.3, -0.25) is 5.73 Å². The number of hydrogen-bond donors (Lipinski definition) is 2. The first-order valence-corrected chi connectivity index (χ1v) is 4.15. The monoisotopic (exact) mass is 165 g/mol. The zero-order chi connectivity index (χ0) is 9.19. The average Bonchev–Trinajstić information content (AvgIpc) is 2.05. The second-order valence-corrected chi connectivity index (χ2v) is 3.09. The van der Waals surface area contributed by atoms with Gasteiger partial charge in [-0.05, 0) is 18.9 Å². The fourth-order valence-electron chi connectivity index (χ4n) is 1.25. The summed E-state index contributed by atoms with van der Waals surface area (Å²) in [5, 5.41) is 9.75. The highest BCUT2D eigenvalue weighted by molar-refractivity contribution is 5.30. The van der Waals surface area contributed by atoms with Crippen molar-refractivity contribution in [1.82, 2.24) is 0 Å². The quantitative estimate of drug-likeness (QED) is 0.652. The molecule has 0 saturated carbocycles. The van der Waals surface area contributed by atoms with Crippen LogP contribution < -0.4 is 5.73 Å². The number of aryl methyl sites for hydroxylation is 1. The molecule has 2 nitrogen and oxygen atoms in total. The number of aliphatic hydroxyl groups is 1. The molecule has 66 valence electrons. The van der Waals surface area contributed by atoms with E-state index in [1.165, 1.54) is 0 Å². The molecule has 1 rings (SSSR count). The van der Waals surface area contributed by atoms with Gasteiger partial charge in [-0.25, -0.2) is 0 Å². The van der Waals surface area contributed by atoms with Gasteiger partial charge >= 0.3 is 0 Å². The summed E-state index contributed by atoms with van der Waals surface area (Å²) in [4.78, 5) is 0. The molecule has 0 spiro atoms. The van der Waals surface area contributed by atoms with Crippen molar-refractivity contribution in [3.63, 3.8) is 0 Å². The van der Waals surface area contributed by atoms with Crippen molar-refractivity contribution < 1.29 is 5.11 Å². The Morgan fingerprint density at radius 2 is 2.00 bits per heavy atom. The van der Waals surface area contributed by atoms with E-state index >= 15 is 0 Å². The standard InChI is InChI=1S/C10H15NO/c1-3-10(11,12)9-7-5-4-6-8(9)2/h4-7,12H,3,11H2,1-2H3. The largest absolute Gasteiger partial charge is 0.372 e. The van der Waals surface area contributed by atoms with Crippen molar-refractivity contribution in [2.24, 2.45) is 5.73 Å². The number of benzene rings is 1. The molecule has 0 heterocycles. The molecule has 1 atom stereocenters. The minimum atomic E-state index is -1.18. The number of hydrogen-bond acceptors (Lipinski definition) is 2. The first kappa shape index (κ1) is 9.23. The van der Waals surface area contributed by atoms with E-state index < -0.39 is 5.72 Å². The van der Waals surface area contributed by atoms with Crippen molar-refractivity contribution in [3.8, 4) is 0 Å². The Bertz CT molecular complexity index is 268. The molecule has 0 aliphatic carbocycles. The second kappa shape index (κ2) is 3.25. The van der Waals surface area contributed by atoms with E-state index in [9.17, 15) is 5.11 Å². The van der Waals surface area contributed by atoms with Crippen molar-refractivity contribution in [2.45, 2.75) is 26.0 Å². The smallest absolute Gasteiger partial charge is 0.139 e. The van der Waals surface area contributed by atoms with Crippen LogP contribution in [0.25, 0.3) is 0 Å². The molecule has 0 amide bonds. The fraction of sp³-hybridized carbons (Fsp3) is 0.400. The molecule has 0 fully saturated rings. The Morgan fingerprint density at radius 3 is 2.50 bits per heavy atom. The lowest BCUT2D eigenvalue weighted by Crippen LogP contribution is -2.36. The summed E-state index contributed by atoms with van der Waals surface area (Å²) >= 11 is 0. The first-order valence-electron chi connectivity index (χ1n) is 4.15. The highest BCUT2D eigenvalue weighted by Crippen LogP contribution is 2.21. The van der Waals surface area contributed by atoms with Gasteiger partial charge in [0.2, 0.25) is 0 Å². The van der Waals surface area contributed by atoms with Gasteiger partial charge in [0.25, 0.3) is 0 Å². The molecule has 0 radical (unpaired) electrons. The minimum absolute atomic E-state index is 0.526. The molecule has 0 aromatic heterocycles. The highest BCUT2D eigenvalue weighted by Gasteiger charge is 2.22. The Labute approximate surface area is 73.0 Å². The van der Waals surface area contributed by atoms with E-state index in [1.54, 1.807) is 0 Å². The Hall–Kier alpha value is -0.860. The van der Waals surface area contributed by atoms with Crippen LogP contribution in [0.3, 0.4) is 0 Å². The van der Waals surface area contributed by atoms with Gasteiger partial charge in [-0.2, -0.15) is 0 Å². The molecule has 1 unspecified atom stereocenters. The summed E-state index contributed by atoms with van der Waals surface area (Å²) in [7, 11) is 0. The number of rotatable bonds is 2. The van der Waals surface area contributed by atoms with E-state index in [0.717, 1.165) is 11.1 Å². The lowest BCUT2D eigenvalue weighted by molar-refractivity contribution is 0.0388. The summed E-state index contributed by atoms with van der Waals surface area (Å²) < 4.78 is 0. The van der Waals surface area contributed by atoms with Crippen molar-refractivity contribution >= 4 is 0 Å². The third-order valence-corrected chi connectivity index (χ3v) is 2.15. The maximum atomic E-state index is 9.75. The maximum Gasteiger partial charge on any atom is 0.139 e. The zero-order valence-electron chi connectivity index (χ0n) is 7.54. The minimum Gasteiger partial charge on any atom is -0.372 e. The third kappa shape index (κ3) is 1.65. The predicted octanol–water partition coefficient (Wildman–Crippen LogP) is 1.51. The van der Waals surface area contributed by atoms with Crippen molar-refractivity contribution in [2.75, 3.05) is 0 Å². The molecule has 0 aliphatic heterocycles. The summed E-state index contributed by atoms with van der Waals surface area (Å²) in [5.41, 5.74) is 6.36. The fourth-order valence-corrected chi connectivity index (χ4v) is 1.25. The van der Waals surface area contributed by atoms with Crippen LogP contribution in [0.5, 0.6) is 0 Å². The van der Waals surface area contributed by atoms with Gasteiger partial charge < -0.3 is 5.11 Å². The summed E-state index contributed by atoms with van der Waals surface area (Å²) in [6.07, 6.45) is 0.526. The van der Waals surface area contributed by atoms with Gasteiger partial charge in [-0.15, -0.1) is 0 Å². The molecule has 12 heavy (non-hydrogen) atoms. The first-order chi connectivity index (χ1) is 5.58. The predicted molar refractivity (Wildman–Crippen MR) is 49.6 cm³/mol. The SMILES string of the molecule is CCC(N)(O)c1ccccc1C. The van der Waals surface area contributed by atoms with Gasteiger partial charge in [0.05, 0.1) is 0 Å². The van der Waals surface area contributed by atoms with Crippen molar-refractivity contribution in [1.29, 1.82) is 0 Å². The molecule has 0 aliphatic rings. The lowest BCUT2D eigenvalue weighted by atomic mass is 9.97. The highest BCUT2D eigenvalue weighted by atomic mass is 16.3. The van der Waals surface area contributed by atoms with Crippen molar-refractivity contribution in [3.05, 3.63) is 35.4 Å². The molecule has 0 bridgehead atoms. The lowest BCUT2D eigenvalue weighted by Gasteiger charge is -2.23. The Morgan fingerprint density at radius 1 is 1.42 bits per heavy atom. The molecule has 1 aromatic carbocycles. The zero-order valence-corrected chi connectivity index (χ0v) is 7.54. The topological polar surface area (TPSA) is 46.2 Å². The van der Waals surface area contributed by atoms with Gasteiger partial charge in [0, 0.05) is 5.56 Å². The van der Waals surface area contributed by atoms with Crippen LogP contribution in [0.4, 0.5) is 0 Å². The molecule has 1 aromatic rings. The summed E-state index contributed by atoms with van der Waals surface area (Å²) in [6.45, 7) is 3.81. The normalized spacial score (nSPS) is 15.7.